The van der Waals surface area contributed by atoms with Gasteiger partial charge in [0, 0.05) is 13.2 Å². The average Bonchev–Trinajstić information content (AvgIpc) is 2.84. The van der Waals surface area contributed by atoms with Crippen LogP contribution in [0.25, 0.3) is 0 Å². The SMILES string of the molecule is CCCCOCC1CCC2(C)OC2C1. The van der Waals surface area contributed by atoms with E-state index in [-0.39, 0.29) is 5.60 Å². The molecule has 2 aliphatic rings. The van der Waals surface area contributed by atoms with E-state index in [2.05, 4.69) is 13.8 Å². The number of fused-ring (bicyclic) bond motifs is 1. The highest BCUT2D eigenvalue weighted by Crippen LogP contribution is 2.49. The lowest BCUT2D eigenvalue weighted by Gasteiger charge is -2.22. The summed E-state index contributed by atoms with van der Waals surface area (Å²) in [5.41, 5.74) is 0.264. The molecule has 1 heterocycles. The van der Waals surface area contributed by atoms with E-state index in [4.69, 9.17) is 9.47 Å². The second-order valence-corrected chi connectivity index (χ2v) is 4.99. The van der Waals surface area contributed by atoms with Crippen LogP contribution in [0.1, 0.15) is 46.0 Å². The highest BCUT2D eigenvalue weighted by atomic mass is 16.6. The van der Waals surface area contributed by atoms with Gasteiger partial charge < -0.3 is 9.47 Å². The summed E-state index contributed by atoms with van der Waals surface area (Å²) in [7, 11) is 0. The summed E-state index contributed by atoms with van der Waals surface area (Å²) in [6, 6.07) is 0. The minimum atomic E-state index is 0.264. The van der Waals surface area contributed by atoms with Gasteiger partial charge in [0.25, 0.3) is 0 Å². The predicted molar refractivity (Wildman–Crippen MR) is 56.3 cm³/mol. The summed E-state index contributed by atoms with van der Waals surface area (Å²) in [5, 5.41) is 0. The van der Waals surface area contributed by atoms with Crippen molar-refractivity contribution in [3.8, 4) is 0 Å². The van der Waals surface area contributed by atoms with Crippen LogP contribution in [0.2, 0.25) is 0 Å². The number of rotatable bonds is 5. The zero-order valence-corrected chi connectivity index (χ0v) is 9.42. The first kappa shape index (κ1) is 10.4. The number of hydrogen-bond acceptors (Lipinski definition) is 2. The van der Waals surface area contributed by atoms with Crippen LogP contribution in [0.5, 0.6) is 0 Å². The van der Waals surface area contributed by atoms with Crippen molar-refractivity contribution in [2.24, 2.45) is 5.92 Å². The third kappa shape index (κ3) is 2.29. The maximum absolute atomic E-state index is 5.67. The Hall–Kier alpha value is -0.0800. The Kier molecular flexibility index (Phi) is 3.13. The molecule has 14 heavy (non-hydrogen) atoms. The summed E-state index contributed by atoms with van der Waals surface area (Å²) in [4.78, 5) is 0. The molecule has 0 radical (unpaired) electrons. The monoisotopic (exact) mass is 198 g/mol. The topological polar surface area (TPSA) is 21.8 Å². The van der Waals surface area contributed by atoms with Crippen LogP contribution < -0.4 is 0 Å². The molecule has 2 heteroatoms. The van der Waals surface area contributed by atoms with Gasteiger partial charge in [-0.05, 0) is 38.5 Å². The first-order valence-electron chi connectivity index (χ1n) is 6.00. The largest absolute Gasteiger partial charge is 0.381 e. The van der Waals surface area contributed by atoms with Gasteiger partial charge in [0.15, 0.2) is 0 Å². The maximum atomic E-state index is 5.67. The van der Waals surface area contributed by atoms with Gasteiger partial charge in [-0.15, -0.1) is 0 Å². The molecule has 1 saturated carbocycles. The number of ether oxygens (including phenoxy) is 2. The van der Waals surface area contributed by atoms with Crippen molar-refractivity contribution in [2.45, 2.75) is 57.7 Å². The van der Waals surface area contributed by atoms with Crippen molar-refractivity contribution in [1.82, 2.24) is 0 Å². The number of unbranched alkanes of at least 4 members (excludes halogenated alkanes) is 1. The van der Waals surface area contributed by atoms with Crippen molar-refractivity contribution in [3.63, 3.8) is 0 Å². The molecule has 82 valence electrons. The first-order chi connectivity index (χ1) is 6.74. The molecule has 0 aromatic rings. The van der Waals surface area contributed by atoms with E-state index >= 15 is 0 Å². The Morgan fingerprint density at radius 1 is 1.50 bits per heavy atom. The van der Waals surface area contributed by atoms with E-state index in [0.29, 0.717) is 6.10 Å². The Balaban J connectivity index is 1.59. The summed E-state index contributed by atoms with van der Waals surface area (Å²) in [5.74, 6) is 0.757. The molecule has 2 rings (SSSR count). The van der Waals surface area contributed by atoms with E-state index in [9.17, 15) is 0 Å². The van der Waals surface area contributed by atoms with E-state index in [1.807, 2.05) is 0 Å². The molecule has 2 fully saturated rings. The van der Waals surface area contributed by atoms with Gasteiger partial charge >= 0.3 is 0 Å². The van der Waals surface area contributed by atoms with Gasteiger partial charge in [-0.2, -0.15) is 0 Å². The number of epoxide rings is 1. The normalized spacial score (nSPS) is 40.7. The second-order valence-electron chi connectivity index (χ2n) is 4.99. The van der Waals surface area contributed by atoms with Crippen LogP contribution in [0.15, 0.2) is 0 Å². The van der Waals surface area contributed by atoms with Crippen molar-refractivity contribution in [3.05, 3.63) is 0 Å². The highest BCUT2D eigenvalue weighted by molar-refractivity contribution is 5.03. The van der Waals surface area contributed by atoms with Crippen LogP contribution in [-0.4, -0.2) is 24.9 Å². The Morgan fingerprint density at radius 3 is 3.07 bits per heavy atom. The van der Waals surface area contributed by atoms with Crippen LogP contribution in [0.4, 0.5) is 0 Å². The van der Waals surface area contributed by atoms with Crippen LogP contribution >= 0.6 is 0 Å². The van der Waals surface area contributed by atoms with Gasteiger partial charge in [0.2, 0.25) is 0 Å². The van der Waals surface area contributed by atoms with Gasteiger partial charge in [-0.25, -0.2) is 0 Å². The van der Waals surface area contributed by atoms with E-state index in [1.54, 1.807) is 0 Å². The molecule has 3 atom stereocenters. The predicted octanol–water partition coefficient (Wildman–Crippen LogP) is 2.76. The molecular formula is C12H22O2. The highest BCUT2D eigenvalue weighted by Gasteiger charge is 2.55. The molecule has 2 nitrogen and oxygen atoms in total. The lowest BCUT2D eigenvalue weighted by Crippen LogP contribution is -2.24. The van der Waals surface area contributed by atoms with Crippen molar-refractivity contribution in [2.75, 3.05) is 13.2 Å². The van der Waals surface area contributed by atoms with E-state index in [1.165, 1.54) is 32.1 Å². The molecule has 0 aromatic heterocycles. The van der Waals surface area contributed by atoms with Gasteiger partial charge in [0.1, 0.15) is 0 Å². The Bertz CT molecular complexity index is 193. The quantitative estimate of drug-likeness (QED) is 0.500. The average molecular weight is 198 g/mol. The van der Waals surface area contributed by atoms with Crippen LogP contribution in [0.3, 0.4) is 0 Å². The summed E-state index contributed by atoms with van der Waals surface area (Å²) in [6.07, 6.45) is 6.73. The lowest BCUT2D eigenvalue weighted by molar-refractivity contribution is 0.0842. The third-order valence-electron chi connectivity index (χ3n) is 3.63. The van der Waals surface area contributed by atoms with Crippen molar-refractivity contribution < 1.29 is 9.47 Å². The lowest BCUT2D eigenvalue weighted by atomic mass is 9.83. The fourth-order valence-corrected chi connectivity index (χ4v) is 2.37. The van der Waals surface area contributed by atoms with E-state index in [0.717, 1.165) is 19.1 Å². The second kappa shape index (κ2) is 4.19. The third-order valence-corrected chi connectivity index (χ3v) is 3.63. The molecule has 0 aromatic carbocycles. The Labute approximate surface area is 87.0 Å². The zero-order valence-electron chi connectivity index (χ0n) is 9.42. The molecule has 0 amide bonds. The van der Waals surface area contributed by atoms with Gasteiger partial charge in [-0.3, -0.25) is 0 Å². The van der Waals surface area contributed by atoms with Crippen molar-refractivity contribution >= 4 is 0 Å². The Morgan fingerprint density at radius 2 is 2.36 bits per heavy atom. The standard InChI is InChI=1S/C12H22O2/c1-3-4-7-13-9-10-5-6-12(2)11(8-10)14-12/h10-11H,3-9H2,1-2H3. The summed E-state index contributed by atoms with van der Waals surface area (Å²) < 4.78 is 11.3. The molecule has 1 aliphatic carbocycles. The number of hydrogen-bond donors (Lipinski definition) is 0. The summed E-state index contributed by atoms with van der Waals surface area (Å²) >= 11 is 0. The molecule has 0 N–H and O–H groups in total. The molecule has 1 saturated heterocycles. The van der Waals surface area contributed by atoms with E-state index < -0.39 is 0 Å². The fraction of sp³-hybridized carbons (Fsp3) is 1.00. The smallest absolute Gasteiger partial charge is 0.0920 e. The molecular weight excluding hydrogens is 176 g/mol. The zero-order chi connectivity index (χ0) is 10.0. The maximum Gasteiger partial charge on any atom is 0.0920 e. The van der Waals surface area contributed by atoms with Crippen LogP contribution in [-0.2, 0) is 9.47 Å². The fourth-order valence-electron chi connectivity index (χ4n) is 2.37. The molecule has 3 unspecified atom stereocenters. The van der Waals surface area contributed by atoms with Crippen LogP contribution in [0, 0.1) is 5.92 Å². The minimum absolute atomic E-state index is 0.264. The minimum Gasteiger partial charge on any atom is -0.381 e. The molecule has 0 spiro atoms. The first-order valence-corrected chi connectivity index (χ1v) is 6.00. The molecule has 0 bridgehead atoms. The molecule has 1 aliphatic heterocycles. The van der Waals surface area contributed by atoms with Gasteiger partial charge in [0.05, 0.1) is 11.7 Å². The summed E-state index contributed by atoms with van der Waals surface area (Å²) in [6.45, 7) is 6.34. The van der Waals surface area contributed by atoms with Crippen molar-refractivity contribution in [1.29, 1.82) is 0 Å². The van der Waals surface area contributed by atoms with Gasteiger partial charge in [-0.1, -0.05) is 13.3 Å².